The highest BCUT2D eigenvalue weighted by Crippen LogP contribution is 2.48. The number of nitrogens with zero attached hydrogens (tertiary/aromatic N) is 12. The van der Waals surface area contributed by atoms with Crippen LogP contribution < -0.4 is 0 Å². The topological polar surface area (TPSA) is 125 Å². The lowest BCUT2D eigenvalue weighted by molar-refractivity contribution is 1.07. The Morgan fingerprint density at radius 2 is 0.578 bits per heavy atom. The van der Waals surface area contributed by atoms with E-state index in [0.717, 1.165) is 139 Å². The van der Waals surface area contributed by atoms with Crippen molar-refractivity contribution < 1.29 is 0 Å². The van der Waals surface area contributed by atoms with Crippen LogP contribution in [0.3, 0.4) is 0 Å². The van der Waals surface area contributed by atoms with E-state index < -0.39 is 0 Å². The third kappa shape index (κ3) is 11.6. The van der Waals surface area contributed by atoms with Gasteiger partial charge >= 0.3 is 0 Å². The van der Waals surface area contributed by atoms with E-state index in [-0.39, 0.29) is 0 Å². The van der Waals surface area contributed by atoms with Gasteiger partial charge in [0.2, 0.25) is 0 Å². The highest BCUT2D eigenvalue weighted by Gasteiger charge is 2.27. The molecule has 0 aliphatic rings. The third-order valence-corrected chi connectivity index (χ3v) is 22.0. The molecule has 0 aliphatic carbocycles. The average Bonchev–Trinajstić information content (AvgIpc) is 1.55. The standard InChI is InChI=1S/2C52H32N6/c1-53-44-33-36(52-55-50(34-17-6-2-7-18-34)54-51(56-52)35-19-8-3-9-20-35)29-30-39(44)40-26-16-27-41-42-31-32-46-47(49(42)58(48(40)41)38-23-12-5-13-24-38)43-25-14-15-28-45(43)57(46)37-21-10-4-11-22-37;53-33-38-31-37(52-55-50(34-15-5-1-6-16-34)54-51(56-52)35-17-7-2-8-18-35)26-27-41(38)36-25-28-42-43-29-30-46-48(49(43)58(47(42)32-36)40-21-11-4-12-22-40)44-23-13-14-24-45(44)57(46)39-19-9-3-10-20-39/h2-33H;1-32H. The minimum absolute atomic E-state index is 0.508. The van der Waals surface area contributed by atoms with Crippen LogP contribution in [0.5, 0.6) is 0 Å². The summed E-state index contributed by atoms with van der Waals surface area (Å²) in [6.45, 7) is 8.52. The van der Waals surface area contributed by atoms with Crippen LogP contribution in [0.4, 0.5) is 5.69 Å². The molecule has 0 bridgehead atoms. The molecule has 6 aromatic heterocycles. The predicted octanol–water partition coefficient (Wildman–Crippen LogP) is 25.9. The number of para-hydroxylation sites is 7. The molecule has 116 heavy (non-hydrogen) atoms. The number of fused-ring (bicyclic) bond motifs is 14. The molecule has 0 saturated heterocycles. The predicted molar refractivity (Wildman–Crippen MR) is 471 cm³/mol. The largest absolute Gasteiger partial charge is 0.309 e. The first-order valence-corrected chi connectivity index (χ1v) is 38.5. The molecule has 0 saturated carbocycles. The van der Waals surface area contributed by atoms with Crippen molar-refractivity contribution >= 4 is 92.9 Å². The van der Waals surface area contributed by atoms with Crippen LogP contribution in [-0.2, 0) is 0 Å². The maximum Gasteiger partial charge on any atom is 0.195 e. The molecule has 0 radical (unpaired) electrons. The van der Waals surface area contributed by atoms with Crippen molar-refractivity contribution in [3.63, 3.8) is 0 Å². The minimum atomic E-state index is 0.508. The third-order valence-electron chi connectivity index (χ3n) is 22.0. The average molecular weight is 1480 g/mol. The molecule has 0 spiro atoms. The van der Waals surface area contributed by atoms with Crippen LogP contribution in [0.2, 0.25) is 0 Å². The molecule has 0 amide bonds. The highest BCUT2D eigenvalue weighted by molar-refractivity contribution is 6.29. The molecule has 0 N–H and O–H groups in total. The van der Waals surface area contributed by atoms with E-state index in [9.17, 15) is 5.26 Å². The summed E-state index contributed by atoms with van der Waals surface area (Å²) in [5.74, 6) is 3.33. The van der Waals surface area contributed by atoms with Crippen molar-refractivity contribution in [2.24, 2.45) is 0 Å². The van der Waals surface area contributed by atoms with E-state index in [1.807, 2.05) is 152 Å². The lowest BCUT2D eigenvalue weighted by atomic mass is 9.96. The Labute approximate surface area is 666 Å². The second kappa shape index (κ2) is 28.5. The fraction of sp³-hybridized carbons (Fsp3) is 0. The maximum absolute atomic E-state index is 10.7. The Bertz CT molecular complexity index is 7560. The molecule has 22 rings (SSSR count). The lowest BCUT2D eigenvalue weighted by Crippen LogP contribution is -2.00. The molecule has 16 aromatic carbocycles. The van der Waals surface area contributed by atoms with E-state index >= 15 is 0 Å². The van der Waals surface area contributed by atoms with Crippen molar-refractivity contribution in [2.45, 2.75) is 0 Å². The maximum atomic E-state index is 10.7. The zero-order valence-corrected chi connectivity index (χ0v) is 62.3. The zero-order chi connectivity index (χ0) is 77.2. The second-order valence-corrected chi connectivity index (χ2v) is 28.7. The van der Waals surface area contributed by atoms with Gasteiger partial charge in [0.05, 0.1) is 62.3 Å². The molecule has 12 heteroatoms. The van der Waals surface area contributed by atoms with Gasteiger partial charge in [0, 0.05) is 99.2 Å². The van der Waals surface area contributed by atoms with E-state index in [0.29, 0.717) is 46.2 Å². The summed E-state index contributed by atoms with van der Waals surface area (Å²) in [7, 11) is 0. The van der Waals surface area contributed by atoms with Gasteiger partial charge < -0.3 is 18.3 Å². The summed E-state index contributed by atoms with van der Waals surface area (Å²) in [5.41, 5.74) is 23.0. The van der Waals surface area contributed by atoms with Crippen LogP contribution in [0.1, 0.15) is 5.56 Å². The number of hydrogen-bond donors (Lipinski definition) is 0. The highest BCUT2D eigenvalue weighted by atomic mass is 15.1. The number of nitriles is 1. The van der Waals surface area contributed by atoms with E-state index in [2.05, 4.69) is 266 Å². The molecule has 540 valence electrons. The Kier molecular flexibility index (Phi) is 16.7. The number of rotatable bonds is 12. The van der Waals surface area contributed by atoms with Crippen molar-refractivity contribution in [3.05, 3.63) is 405 Å². The monoisotopic (exact) mass is 1480 g/mol. The van der Waals surface area contributed by atoms with Gasteiger partial charge in [0.15, 0.2) is 40.6 Å². The summed E-state index contributed by atoms with van der Waals surface area (Å²) in [6.07, 6.45) is 0. The Morgan fingerprint density at radius 3 is 1.03 bits per heavy atom. The Hall–Kier alpha value is -16.3. The second-order valence-electron chi connectivity index (χ2n) is 28.7. The summed E-state index contributed by atoms with van der Waals surface area (Å²) < 4.78 is 9.51. The molecule has 0 fully saturated rings. The van der Waals surface area contributed by atoms with Gasteiger partial charge in [-0.05, 0) is 113 Å². The van der Waals surface area contributed by atoms with Crippen molar-refractivity contribution in [1.29, 1.82) is 5.26 Å². The van der Waals surface area contributed by atoms with Gasteiger partial charge in [-0.25, -0.2) is 34.7 Å². The van der Waals surface area contributed by atoms with E-state index in [4.69, 9.17) is 36.5 Å². The summed E-state index contributed by atoms with van der Waals surface area (Å²) in [5, 5.41) is 20.0. The van der Waals surface area contributed by atoms with Crippen LogP contribution >= 0.6 is 0 Å². The van der Waals surface area contributed by atoms with Crippen molar-refractivity contribution in [3.8, 4) is 119 Å². The first-order valence-electron chi connectivity index (χ1n) is 38.5. The normalized spacial score (nSPS) is 11.4. The zero-order valence-electron chi connectivity index (χ0n) is 62.3. The first-order chi connectivity index (χ1) is 57.5. The van der Waals surface area contributed by atoms with Gasteiger partial charge in [-0.2, -0.15) is 5.26 Å². The molecule has 0 atom stereocenters. The smallest absolute Gasteiger partial charge is 0.195 e. The Balaban J connectivity index is 0.000000145. The van der Waals surface area contributed by atoms with Crippen LogP contribution in [-0.4, -0.2) is 48.2 Å². The van der Waals surface area contributed by atoms with Gasteiger partial charge in [-0.3, -0.25) is 0 Å². The van der Waals surface area contributed by atoms with E-state index in [1.54, 1.807) is 0 Å². The molecule has 6 heterocycles. The molecular formula is C104H64N12. The van der Waals surface area contributed by atoms with Crippen LogP contribution in [0.15, 0.2) is 388 Å². The molecule has 0 unspecified atom stereocenters. The summed E-state index contributed by atoms with van der Waals surface area (Å²) in [4.78, 5) is 33.6. The molecule has 0 aliphatic heterocycles. The minimum Gasteiger partial charge on any atom is -0.309 e. The molecule has 12 nitrogen and oxygen atoms in total. The van der Waals surface area contributed by atoms with Gasteiger partial charge in [-0.15, -0.1) is 0 Å². The summed E-state index contributed by atoms with van der Waals surface area (Å²) >= 11 is 0. The SMILES string of the molecule is N#Cc1cc(-c2nc(-c3ccccc3)nc(-c3ccccc3)n2)ccc1-c1ccc2c3ccc4c(c5ccccc5n4-c4ccccc4)c3n(-c3ccccc3)c2c1.[C-]#[N+]c1cc(-c2nc(-c3ccccc3)nc(-c3ccccc3)n2)ccc1-c1cccc2c3ccc4c(c5ccccc5n4-c4ccccc4)c3n(-c3ccccc3)c12. The quantitative estimate of drug-likeness (QED) is 0.112. The van der Waals surface area contributed by atoms with Crippen LogP contribution in [0, 0.1) is 17.9 Å². The molecular weight excluding hydrogens is 1420 g/mol. The Morgan fingerprint density at radius 1 is 0.233 bits per heavy atom. The van der Waals surface area contributed by atoms with Gasteiger partial charge in [0.25, 0.3) is 0 Å². The van der Waals surface area contributed by atoms with Gasteiger partial charge in [-0.1, -0.05) is 297 Å². The number of hydrogen-bond acceptors (Lipinski definition) is 7. The van der Waals surface area contributed by atoms with E-state index in [1.165, 1.54) is 26.9 Å². The summed E-state index contributed by atoms with van der Waals surface area (Å²) in [6, 6.07) is 136. The number of aromatic nitrogens is 10. The van der Waals surface area contributed by atoms with Crippen LogP contribution in [0.25, 0.3) is 205 Å². The first kappa shape index (κ1) is 67.8. The fourth-order valence-corrected chi connectivity index (χ4v) is 16.8. The fourth-order valence-electron chi connectivity index (χ4n) is 16.8. The van der Waals surface area contributed by atoms with Crippen molar-refractivity contribution in [1.82, 2.24) is 48.2 Å². The molecule has 22 aromatic rings. The lowest BCUT2D eigenvalue weighted by Gasteiger charge is -2.14. The van der Waals surface area contributed by atoms with Crippen molar-refractivity contribution in [2.75, 3.05) is 0 Å². The number of benzene rings is 16. The van der Waals surface area contributed by atoms with Gasteiger partial charge in [0.1, 0.15) is 0 Å².